The molecule has 1 spiro atoms. The van der Waals surface area contributed by atoms with Crippen LogP contribution in [0.1, 0.15) is 19.3 Å². The topological polar surface area (TPSA) is 0 Å². The Labute approximate surface area is 37.5 Å². The van der Waals surface area contributed by atoms with Crippen molar-refractivity contribution in [2.45, 2.75) is 19.3 Å². The maximum atomic E-state index is 1.62. The Morgan fingerprint density at radius 1 is 1.17 bits per heavy atom. The first-order valence-electron chi connectivity index (χ1n) is 2.92. The Hall–Kier alpha value is 0. The Morgan fingerprint density at radius 2 is 1.83 bits per heavy atom. The van der Waals surface area contributed by atoms with Crippen molar-refractivity contribution in [2.24, 2.45) is 17.3 Å². The molecule has 3 saturated carbocycles. The van der Waals surface area contributed by atoms with Crippen molar-refractivity contribution < 1.29 is 0 Å². The van der Waals surface area contributed by atoms with Crippen molar-refractivity contribution in [2.75, 3.05) is 0 Å². The van der Waals surface area contributed by atoms with Gasteiger partial charge in [0.05, 0.1) is 0 Å². The highest BCUT2D eigenvalue weighted by Crippen LogP contribution is 2.86. The van der Waals surface area contributed by atoms with Crippen LogP contribution in [0.2, 0.25) is 0 Å². The minimum Gasteiger partial charge on any atom is -0.0465 e. The van der Waals surface area contributed by atoms with E-state index in [4.69, 9.17) is 0 Å². The Bertz CT molecular complexity index is 97.2. The van der Waals surface area contributed by atoms with E-state index in [1.165, 1.54) is 11.8 Å². The Balaban J connectivity index is 2.26. The van der Waals surface area contributed by atoms with Crippen molar-refractivity contribution in [3.8, 4) is 0 Å². The maximum absolute atomic E-state index is 1.62. The zero-order valence-electron chi connectivity index (χ0n) is 3.78. The summed E-state index contributed by atoms with van der Waals surface area (Å²) in [6.45, 7) is 0. The second-order valence-corrected chi connectivity index (χ2v) is 3.27. The molecule has 0 N–H and O–H groups in total. The summed E-state index contributed by atoms with van der Waals surface area (Å²) < 4.78 is 0. The van der Waals surface area contributed by atoms with E-state index in [1.807, 2.05) is 0 Å². The molecule has 0 aromatic heterocycles. The van der Waals surface area contributed by atoms with Crippen LogP contribution in [-0.2, 0) is 0 Å². The van der Waals surface area contributed by atoms with Crippen LogP contribution in [0, 0.1) is 17.3 Å². The van der Waals surface area contributed by atoms with Gasteiger partial charge in [-0.3, -0.25) is 0 Å². The van der Waals surface area contributed by atoms with Gasteiger partial charge in [-0.05, 0) is 36.5 Å². The summed E-state index contributed by atoms with van der Waals surface area (Å²) in [6, 6.07) is 0. The van der Waals surface area contributed by atoms with Crippen LogP contribution in [0.5, 0.6) is 0 Å². The predicted molar refractivity (Wildman–Crippen MR) is 23.3 cm³/mol. The van der Waals surface area contributed by atoms with Gasteiger partial charge in [0, 0.05) is 0 Å². The van der Waals surface area contributed by atoms with Gasteiger partial charge in [0.2, 0.25) is 0 Å². The average molecular weight is 80.1 g/mol. The van der Waals surface area contributed by atoms with Crippen LogP contribution in [0.3, 0.4) is 0 Å². The minimum atomic E-state index is 1.06. The molecule has 0 aromatic carbocycles. The quantitative estimate of drug-likeness (QED) is 0.412. The molecular formula is C6H8. The summed E-state index contributed by atoms with van der Waals surface area (Å²) in [6.07, 6.45) is 4.86. The van der Waals surface area contributed by atoms with Crippen LogP contribution in [0.15, 0.2) is 0 Å². The van der Waals surface area contributed by atoms with E-state index in [9.17, 15) is 0 Å². The SMILES string of the molecule is C1C2CC23CC13. The van der Waals surface area contributed by atoms with Crippen molar-refractivity contribution in [3.05, 3.63) is 0 Å². The first-order chi connectivity index (χ1) is 2.92. The first kappa shape index (κ1) is 2.34. The standard InChI is InChI=1S/C6H8/c1-4-2-6(4)3-5(1)6/h4-5H,1-3H2. The smallest absolute Gasteiger partial charge is 0.0235 e. The molecule has 32 valence electrons. The summed E-state index contributed by atoms with van der Waals surface area (Å²) in [7, 11) is 0. The largest absolute Gasteiger partial charge is 0.0465 e. The lowest BCUT2D eigenvalue weighted by atomic mass is 10.0. The van der Waals surface area contributed by atoms with Crippen molar-refractivity contribution in [1.29, 1.82) is 0 Å². The highest BCUT2D eigenvalue weighted by molar-refractivity contribution is 5.27. The van der Waals surface area contributed by atoms with Gasteiger partial charge >= 0.3 is 0 Å². The fourth-order valence-corrected chi connectivity index (χ4v) is 2.37. The van der Waals surface area contributed by atoms with Gasteiger partial charge in [0.1, 0.15) is 0 Å². The molecule has 6 heavy (non-hydrogen) atoms. The molecule has 0 heteroatoms. The molecule has 0 amide bonds. The van der Waals surface area contributed by atoms with Gasteiger partial charge in [0.15, 0.2) is 0 Å². The molecule has 0 radical (unpaired) electrons. The van der Waals surface area contributed by atoms with Gasteiger partial charge in [-0.2, -0.15) is 0 Å². The van der Waals surface area contributed by atoms with Crippen molar-refractivity contribution in [3.63, 3.8) is 0 Å². The molecule has 2 unspecified atom stereocenters. The number of hydrogen-bond donors (Lipinski definition) is 0. The third-order valence-electron chi connectivity index (χ3n) is 3.13. The minimum absolute atomic E-state index is 1.06. The Kier molecular flexibility index (Phi) is 0.139. The van der Waals surface area contributed by atoms with E-state index in [0.29, 0.717) is 0 Å². The summed E-state index contributed by atoms with van der Waals surface area (Å²) in [5, 5.41) is 0. The van der Waals surface area contributed by atoms with Crippen LogP contribution in [0.25, 0.3) is 0 Å². The normalized spacial score (nSPS) is 80.0. The maximum Gasteiger partial charge on any atom is -0.0235 e. The summed E-state index contributed by atoms with van der Waals surface area (Å²) >= 11 is 0. The third kappa shape index (κ3) is 0.0744. The van der Waals surface area contributed by atoms with Crippen LogP contribution < -0.4 is 0 Å². The molecule has 3 rings (SSSR count). The van der Waals surface area contributed by atoms with Crippen molar-refractivity contribution in [1.82, 2.24) is 0 Å². The van der Waals surface area contributed by atoms with E-state index in [-0.39, 0.29) is 0 Å². The monoisotopic (exact) mass is 80.1 g/mol. The fraction of sp³-hybridized carbons (Fsp3) is 1.00. The summed E-state index contributed by atoms with van der Waals surface area (Å²) in [5.74, 6) is 2.50. The highest BCUT2D eigenvalue weighted by atomic mass is 14.8. The third-order valence-corrected chi connectivity index (χ3v) is 3.13. The lowest BCUT2D eigenvalue weighted by Crippen LogP contribution is -1.96. The average Bonchev–Trinajstić information content (AvgIpc) is 2.31. The molecule has 3 fully saturated rings. The van der Waals surface area contributed by atoms with E-state index in [1.54, 1.807) is 19.3 Å². The predicted octanol–water partition coefficient (Wildman–Crippen LogP) is 1.42. The lowest BCUT2D eigenvalue weighted by molar-refractivity contribution is 0.451. The molecule has 0 heterocycles. The van der Waals surface area contributed by atoms with Gasteiger partial charge < -0.3 is 0 Å². The van der Waals surface area contributed by atoms with E-state index >= 15 is 0 Å². The molecule has 0 aromatic rings. The summed E-state index contributed by atoms with van der Waals surface area (Å²) in [4.78, 5) is 0. The first-order valence-corrected chi connectivity index (χ1v) is 2.92. The van der Waals surface area contributed by atoms with Crippen LogP contribution in [-0.4, -0.2) is 0 Å². The van der Waals surface area contributed by atoms with E-state index < -0.39 is 0 Å². The number of rotatable bonds is 0. The second-order valence-electron chi connectivity index (χ2n) is 3.27. The Morgan fingerprint density at radius 3 is 1.83 bits per heavy atom. The highest BCUT2D eigenvalue weighted by Gasteiger charge is 2.78. The molecule has 0 nitrogen and oxygen atoms in total. The van der Waals surface area contributed by atoms with E-state index in [0.717, 1.165) is 5.41 Å². The lowest BCUT2D eigenvalue weighted by Gasteiger charge is -2.03. The molecule has 3 aliphatic rings. The second kappa shape index (κ2) is 0.356. The molecule has 0 bridgehead atoms. The van der Waals surface area contributed by atoms with Gasteiger partial charge in [0.25, 0.3) is 0 Å². The van der Waals surface area contributed by atoms with Gasteiger partial charge in [-0.1, -0.05) is 0 Å². The van der Waals surface area contributed by atoms with E-state index in [2.05, 4.69) is 0 Å². The molecule has 0 aliphatic heterocycles. The fourth-order valence-electron chi connectivity index (χ4n) is 2.37. The zero-order chi connectivity index (χ0) is 3.78. The van der Waals surface area contributed by atoms with Crippen LogP contribution >= 0.6 is 0 Å². The van der Waals surface area contributed by atoms with Gasteiger partial charge in [-0.15, -0.1) is 0 Å². The van der Waals surface area contributed by atoms with Gasteiger partial charge in [-0.25, -0.2) is 0 Å². The molecule has 2 atom stereocenters. The number of hydrogen-bond acceptors (Lipinski definition) is 0. The molecule has 0 saturated heterocycles. The molecule has 3 aliphatic carbocycles. The summed E-state index contributed by atoms with van der Waals surface area (Å²) in [5.41, 5.74) is 1.06. The molecular weight excluding hydrogens is 72.1 g/mol. The zero-order valence-corrected chi connectivity index (χ0v) is 3.78. The van der Waals surface area contributed by atoms with Crippen molar-refractivity contribution >= 4 is 0 Å². The van der Waals surface area contributed by atoms with Crippen LogP contribution in [0.4, 0.5) is 0 Å².